The van der Waals surface area contributed by atoms with Gasteiger partial charge >= 0.3 is 11.9 Å². The van der Waals surface area contributed by atoms with Crippen molar-refractivity contribution in [3.8, 4) is 46.0 Å². The number of rotatable bonds is 16. The van der Waals surface area contributed by atoms with Crippen LogP contribution in [0.3, 0.4) is 0 Å². The number of hydrogen-bond acceptors (Lipinski definition) is 10. The first kappa shape index (κ1) is 48.5. The molecule has 8 rings (SSSR count). The molecule has 66 heavy (non-hydrogen) atoms. The summed E-state index contributed by atoms with van der Waals surface area (Å²) in [5, 5.41) is 7.24. The summed E-state index contributed by atoms with van der Waals surface area (Å²) in [6, 6.07) is 43.0. The van der Waals surface area contributed by atoms with Gasteiger partial charge in [-0.05, 0) is 197 Å². The van der Waals surface area contributed by atoms with Crippen LogP contribution in [0.15, 0.2) is 133 Å². The predicted octanol–water partition coefficient (Wildman–Crippen LogP) is 13.2. The Labute approximate surface area is 388 Å². The van der Waals surface area contributed by atoms with Crippen LogP contribution in [0.5, 0.6) is 46.0 Å². The molecule has 0 aromatic heterocycles. The SMILES string of the molecule is CCOc1ccc(OC(=O)C2CCC(C(=O)Oc3ccc(OCC)cc3)CC2)cc1.CCOc1ccc2c(ccc3cc(OCC)ccc32)c1.CCOc1ccc2cc(OCC)ccc2c1. The molecule has 0 aliphatic heterocycles. The van der Waals surface area contributed by atoms with Gasteiger partial charge in [0.15, 0.2) is 0 Å². The molecule has 0 unspecified atom stereocenters. The van der Waals surface area contributed by atoms with Crippen LogP contribution in [-0.2, 0) is 9.59 Å². The monoisotopic (exact) mass is 894 g/mol. The van der Waals surface area contributed by atoms with Crippen LogP contribution in [0.25, 0.3) is 32.3 Å². The lowest BCUT2D eigenvalue weighted by atomic mass is 9.82. The minimum absolute atomic E-state index is 0.203. The van der Waals surface area contributed by atoms with E-state index in [0.29, 0.717) is 76.8 Å². The molecular formula is C56H62O10. The van der Waals surface area contributed by atoms with Crippen molar-refractivity contribution in [2.24, 2.45) is 11.8 Å². The van der Waals surface area contributed by atoms with Gasteiger partial charge in [0, 0.05) is 0 Å². The molecule has 0 amide bonds. The lowest BCUT2D eigenvalue weighted by Crippen LogP contribution is -2.30. The third-order valence-electron chi connectivity index (χ3n) is 10.9. The Morgan fingerprint density at radius 3 is 0.894 bits per heavy atom. The van der Waals surface area contributed by atoms with Gasteiger partial charge in [-0.1, -0.05) is 36.4 Å². The van der Waals surface area contributed by atoms with Crippen LogP contribution in [0.2, 0.25) is 0 Å². The largest absolute Gasteiger partial charge is 0.494 e. The fraction of sp³-hybridized carbons (Fsp3) is 0.321. The van der Waals surface area contributed by atoms with Gasteiger partial charge in [-0.3, -0.25) is 9.59 Å². The van der Waals surface area contributed by atoms with E-state index in [2.05, 4.69) is 60.7 Å². The fourth-order valence-corrected chi connectivity index (χ4v) is 7.76. The highest BCUT2D eigenvalue weighted by molar-refractivity contribution is 6.08. The number of carbonyl (C=O) groups is 2. The third-order valence-corrected chi connectivity index (χ3v) is 10.9. The van der Waals surface area contributed by atoms with E-state index in [1.54, 1.807) is 48.5 Å². The zero-order valence-electron chi connectivity index (χ0n) is 39.0. The van der Waals surface area contributed by atoms with E-state index in [4.69, 9.17) is 37.9 Å². The summed E-state index contributed by atoms with van der Waals surface area (Å²) < 4.78 is 43.8. The van der Waals surface area contributed by atoms with Crippen LogP contribution >= 0.6 is 0 Å². The van der Waals surface area contributed by atoms with Crippen molar-refractivity contribution in [3.63, 3.8) is 0 Å². The molecule has 1 saturated carbocycles. The molecule has 0 spiro atoms. The number of ether oxygens (including phenoxy) is 8. The Balaban J connectivity index is 0.000000173. The van der Waals surface area contributed by atoms with E-state index < -0.39 is 0 Å². The van der Waals surface area contributed by atoms with Crippen molar-refractivity contribution in [2.45, 2.75) is 67.2 Å². The zero-order valence-corrected chi connectivity index (χ0v) is 39.0. The fourth-order valence-electron chi connectivity index (χ4n) is 7.76. The molecule has 0 bridgehead atoms. The second kappa shape index (κ2) is 24.9. The van der Waals surface area contributed by atoms with Crippen molar-refractivity contribution in [2.75, 3.05) is 39.6 Å². The molecule has 10 nitrogen and oxygen atoms in total. The topological polar surface area (TPSA) is 108 Å². The van der Waals surface area contributed by atoms with Crippen LogP contribution < -0.4 is 37.9 Å². The minimum atomic E-state index is -0.252. The van der Waals surface area contributed by atoms with Crippen molar-refractivity contribution < 1.29 is 47.5 Å². The molecule has 7 aromatic carbocycles. The summed E-state index contributed by atoms with van der Waals surface area (Å²) in [4.78, 5) is 24.9. The molecule has 1 aliphatic rings. The molecule has 1 fully saturated rings. The van der Waals surface area contributed by atoms with Gasteiger partial charge in [-0.15, -0.1) is 0 Å². The summed E-state index contributed by atoms with van der Waals surface area (Å²) in [5.41, 5.74) is 0. The van der Waals surface area contributed by atoms with E-state index in [-0.39, 0.29) is 23.8 Å². The van der Waals surface area contributed by atoms with E-state index in [0.717, 1.165) is 34.5 Å². The van der Waals surface area contributed by atoms with Gasteiger partial charge in [0.05, 0.1) is 51.5 Å². The molecule has 0 atom stereocenters. The number of fused-ring (bicyclic) bond motifs is 4. The Hall–Kier alpha value is -6.94. The second-order valence-electron chi connectivity index (χ2n) is 15.4. The van der Waals surface area contributed by atoms with Gasteiger partial charge in [0.1, 0.15) is 46.0 Å². The molecule has 0 radical (unpaired) electrons. The smallest absolute Gasteiger partial charge is 0.314 e. The first-order chi connectivity index (χ1) is 32.2. The van der Waals surface area contributed by atoms with Crippen molar-refractivity contribution >= 4 is 44.3 Å². The molecule has 7 aromatic rings. The summed E-state index contributed by atoms with van der Waals surface area (Å²) >= 11 is 0. The highest BCUT2D eigenvalue weighted by Crippen LogP contribution is 2.33. The number of esters is 2. The Morgan fingerprint density at radius 2 is 0.576 bits per heavy atom. The first-order valence-corrected chi connectivity index (χ1v) is 23.1. The predicted molar refractivity (Wildman–Crippen MR) is 262 cm³/mol. The molecule has 1 aliphatic carbocycles. The Morgan fingerprint density at radius 1 is 0.333 bits per heavy atom. The van der Waals surface area contributed by atoms with Gasteiger partial charge in [-0.25, -0.2) is 0 Å². The van der Waals surface area contributed by atoms with Gasteiger partial charge < -0.3 is 37.9 Å². The van der Waals surface area contributed by atoms with Crippen molar-refractivity contribution in [1.82, 2.24) is 0 Å². The van der Waals surface area contributed by atoms with E-state index in [1.165, 1.54) is 32.3 Å². The molecular weight excluding hydrogens is 833 g/mol. The van der Waals surface area contributed by atoms with E-state index >= 15 is 0 Å². The van der Waals surface area contributed by atoms with E-state index in [9.17, 15) is 9.59 Å². The standard InChI is InChI=1S/C24H28O6.C18H18O2.C14H16O2/c1-3-27-19-9-13-21(14-10-19)29-23(25)17-5-7-18(8-6-17)24(26)30-22-15-11-20(12-16-22)28-4-2;1-3-19-15-7-9-17-13(11-15)5-6-14-12-16(20-4-2)8-10-18(14)17;1-3-15-13-7-5-12-10-14(16-4-2)8-6-11(12)9-13/h9-18H,3-8H2,1-2H3;5-12H,3-4H2,1-2H3;5-10H,3-4H2,1-2H3. The molecule has 346 valence electrons. The number of benzene rings is 7. The highest BCUT2D eigenvalue weighted by Gasteiger charge is 2.32. The van der Waals surface area contributed by atoms with Gasteiger partial charge in [-0.2, -0.15) is 0 Å². The van der Waals surface area contributed by atoms with Crippen LogP contribution in [0.1, 0.15) is 67.2 Å². The number of carbonyl (C=O) groups excluding carboxylic acids is 2. The quantitative estimate of drug-likeness (QED) is 0.0528. The van der Waals surface area contributed by atoms with Gasteiger partial charge in [0.2, 0.25) is 0 Å². The third kappa shape index (κ3) is 13.8. The summed E-state index contributed by atoms with van der Waals surface area (Å²) in [5.74, 6) is 5.25. The molecule has 0 N–H and O–H groups in total. The summed E-state index contributed by atoms with van der Waals surface area (Å²) in [6.45, 7) is 15.8. The lowest BCUT2D eigenvalue weighted by molar-refractivity contribution is -0.145. The lowest BCUT2D eigenvalue weighted by Gasteiger charge is -2.25. The normalized spacial score (nSPS) is 14.2. The Bertz CT molecular complexity index is 2430. The van der Waals surface area contributed by atoms with Crippen molar-refractivity contribution in [3.05, 3.63) is 133 Å². The highest BCUT2D eigenvalue weighted by atomic mass is 16.5. The average molecular weight is 895 g/mol. The second-order valence-corrected chi connectivity index (χ2v) is 15.4. The van der Waals surface area contributed by atoms with Crippen LogP contribution in [0, 0.1) is 11.8 Å². The maximum Gasteiger partial charge on any atom is 0.314 e. The van der Waals surface area contributed by atoms with Crippen LogP contribution in [-0.4, -0.2) is 51.6 Å². The van der Waals surface area contributed by atoms with E-state index in [1.807, 2.05) is 65.8 Å². The minimum Gasteiger partial charge on any atom is -0.494 e. The average Bonchev–Trinajstić information content (AvgIpc) is 3.34. The molecule has 0 heterocycles. The Kier molecular flexibility index (Phi) is 18.3. The summed E-state index contributed by atoms with van der Waals surface area (Å²) in [6.07, 6.45) is 2.44. The first-order valence-electron chi connectivity index (χ1n) is 23.1. The van der Waals surface area contributed by atoms with Crippen LogP contribution in [0.4, 0.5) is 0 Å². The molecule has 10 heteroatoms. The maximum atomic E-state index is 12.4. The van der Waals surface area contributed by atoms with Crippen molar-refractivity contribution in [1.29, 1.82) is 0 Å². The maximum absolute atomic E-state index is 12.4. The number of hydrogen-bond donors (Lipinski definition) is 0. The zero-order chi connectivity index (χ0) is 46.7. The van der Waals surface area contributed by atoms with Gasteiger partial charge in [0.25, 0.3) is 0 Å². The summed E-state index contributed by atoms with van der Waals surface area (Å²) in [7, 11) is 0. The molecule has 0 saturated heterocycles.